The normalized spacial score (nSPS) is 10.1. The summed E-state index contributed by atoms with van der Waals surface area (Å²) in [6, 6.07) is 5.54. The Hall–Kier alpha value is -1.06. The smallest absolute Gasteiger partial charge is 0.124 e. The van der Waals surface area contributed by atoms with Gasteiger partial charge in [0.2, 0.25) is 0 Å². The molecule has 0 radical (unpaired) electrons. The average Bonchev–Trinajstić information content (AvgIpc) is 2.18. The molecule has 13 heavy (non-hydrogen) atoms. The van der Waals surface area contributed by atoms with Gasteiger partial charge in [-0.05, 0) is 17.7 Å². The molecule has 3 nitrogen and oxygen atoms in total. The highest BCUT2D eigenvalue weighted by molar-refractivity contribution is 5.36. The van der Waals surface area contributed by atoms with E-state index in [0.29, 0.717) is 6.61 Å². The molecule has 0 fully saturated rings. The number of aliphatic hydroxyl groups excluding tert-OH is 1. The third-order valence-electron chi connectivity index (χ3n) is 1.83. The predicted molar refractivity (Wildman–Crippen MR) is 49.6 cm³/mol. The lowest BCUT2D eigenvalue weighted by molar-refractivity contribution is 0.181. The molecule has 0 saturated heterocycles. The first-order valence-electron chi connectivity index (χ1n) is 4.07. The van der Waals surface area contributed by atoms with Crippen LogP contribution in [0.15, 0.2) is 18.2 Å². The Morgan fingerprint density at radius 3 is 2.62 bits per heavy atom. The molecular formula is C10H14O3. The fourth-order valence-electron chi connectivity index (χ4n) is 1.20. The summed E-state index contributed by atoms with van der Waals surface area (Å²) in [5, 5.41) is 8.91. The van der Waals surface area contributed by atoms with E-state index < -0.39 is 0 Å². The van der Waals surface area contributed by atoms with Crippen LogP contribution in [0, 0.1) is 0 Å². The molecule has 1 N–H and O–H groups in total. The van der Waals surface area contributed by atoms with Crippen LogP contribution in [0.2, 0.25) is 0 Å². The van der Waals surface area contributed by atoms with Crippen LogP contribution in [0.4, 0.5) is 0 Å². The van der Waals surface area contributed by atoms with Crippen LogP contribution in [0.1, 0.15) is 11.1 Å². The molecule has 0 unspecified atom stereocenters. The van der Waals surface area contributed by atoms with Crippen molar-refractivity contribution < 1.29 is 14.6 Å². The number of ether oxygens (including phenoxy) is 2. The summed E-state index contributed by atoms with van der Waals surface area (Å²) in [6.07, 6.45) is 0. The van der Waals surface area contributed by atoms with Gasteiger partial charge in [-0.15, -0.1) is 0 Å². The molecule has 1 aromatic rings. The van der Waals surface area contributed by atoms with E-state index in [4.69, 9.17) is 14.6 Å². The molecule has 0 atom stereocenters. The van der Waals surface area contributed by atoms with E-state index in [-0.39, 0.29) is 6.61 Å². The number of benzene rings is 1. The summed E-state index contributed by atoms with van der Waals surface area (Å²) in [5.41, 5.74) is 1.82. The van der Waals surface area contributed by atoms with Gasteiger partial charge in [0.15, 0.2) is 0 Å². The van der Waals surface area contributed by atoms with Gasteiger partial charge in [-0.3, -0.25) is 0 Å². The second-order valence-electron chi connectivity index (χ2n) is 2.74. The molecule has 1 aromatic carbocycles. The highest BCUT2D eigenvalue weighted by Crippen LogP contribution is 2.20. The molecular weight excluding hydrogens is 168 g/mol. The molecule has 0 aliphatic rings. The molecule has 0 aliphatic carbocycles. The fourth-order valence-corrected chi connectivity index (χ4v) is 1.20. The van der Waals surface area contributed by atoms with E-state index >= 15 is 0 Å². The van der Waals surface area contributed by atoms with Gasteiger partial charge in [0.05, 0.1) is 20.3 Å². The van der Waals surface area contributed by atoms with E-state index in [1.165, 1.54) is 0 Å². The van der Waals surface area contributed by atoms with Crippen molar-refractivity contribution in [3.8, 4) is 5.75 Å². The quantitative estimate of drug-likeness (QED) is 0.763. The van der Waals surface area contributed by atoms with E-state index in [1.54, 1.807) is 14.2 Å². The largest absolute Gasteiger partial charge is 0.496 e. The second-order valence-corrected chi connectivity index (χ2v) is 2.74. The van der Waals surface area contributed by atoms with E-state index in [1.807, 2.05) is 18.2 Å². The van der Waals surface area contributed by atoms with Crippen molar-refractivity contribution in [3.05, 3.63) is 29.3 Å². The molecule has 0 saturated carbocycles. The first kappa shape index (κ1) is 10.0. The number of methoxy groups -OCH3 is 2. The van der Waals surface area contributed by atoms with Crippen LogP contribution >= 0.6 is 0 Å². The monoisotopic (exact) mass is 182 g/mol. The zero-order chi connectivity index (χ0) is 9.68. The van der Waals surface area contributed by atoms with Gasteiger partial charge in [0, 0.05) is 12.7 Å². The van der Waals surface area contributed by atoms with Crippen LogP contribution in [0.5, 0.6) is 5.75 Å². The number of hydrogen-bond acceptors (Lipinski definition) is 3. The van der Waals surface area contributed by atoms with Crippen LogP contribution in [0.3, 0.4) is 0 Å². The van der Waals surface area contributed by atoms with Gasteiger partial charge in [-0.1, -0.05) is 6.07 Å². The minimum Gasteiger partial charge on any atom is -0.496 e. The van der Waals surface area contributed by atoms with Crippen LogP contribution in [-0.2, 0) is 18.0 Å². The Kier molecular flexibility index (Phi) is 3.73. The van der Waals surface area contributed by atoms with Gasteiger partial charge in [-0.25, -0.2) is 0 Å². The molecule has 0 heterocycles. The van der Waals surface area contributed by atoms with Crippen molar-refractivity contribution in [1.82, 2.24) is 0 Å². The average molecular weight is 182 g/mol. The van der Waals surface area contributed by atoms with Crippen molar-refractivity contribution >= 4 is 0 Å². The molecule has 0 aromatic heterocycles. The summed E-state index contributed by atoms with van der Waals surface area (Å²) in [6.45, 7) is 0.539. The lowest BCUT2D eigenvalue weighted by Gasteiger charge is -2.08. The minimum atomic E-state index is 0.0424. The Morgan fingerprint density at radius 2 is 2.08 bits per heavy atom. The molecule has 72 valence electrons. The topological polar surface area (TPSA) is 38.7 Å². The summed E-state index contributed by atoms with van der Waals surface area (Å²) < 4.78 is 10.1. The summed E-state index contributed by atoms with van der Waals surface area (Å²) in [4.78, 5) is 0. The Bertz CT molecular complexity index is 271. The minimum absolute atomic E-state index is 0.0424. The van der Waals surface area contributed by atoms with Crippen LogP contribution in [-0.4, -0.2) is 19.3 Å². The van der Waals surface area contributed by atoms with Gasteiger partial charge in [0.1, 0.15) is 5.75 Å². The molecule has 1 rings (SSSR count). The van der Waals surface area contributed by atoms with Gasteiger partial charge < -0.3 is 14.6 Å². The summed E-state index contributed by atoms with van der Waals surface area (Å²) in [5.74, 6) is 0.791. The third-order valence-corrected chi connectivity index (χ3v) is 1.83. The Morgan fingerprint density at radius 1 is 1.31 bits per heavy atom. The van der Waals surface area contributed by atoms with Crippen LogP contribution in [0.25, 0.3) is 0 Å². The zero-order valence-corrected chi connectivity index (χ0v) is 7.91. The van der Waals surface area contributed by atoms with Gasteiger partial charge >= 0.3 is 0 Å². The highest BCUT2D eigenvalue weighted by Gasteiger charge is 2.02. The summed E-state index contributed by atoms with van der Waals surface area (Å²) >= 11 is 0. The summed E-state index contributed by atoms with van der Waals surface area (Å²) in [7, 11) is 3.25. The van der Waals surface area contributed by atoms with Crippen molar-refractivity contribution in [3.63, 3.8) is 0 Å². The van der Waals surface area contributed by atoms with E-state index in [2.05, 4.69) is 0 Å². The molecule has 0 amide bonds. The van der Waals surface area contributed by atoms with E-state index in [0.717, 1.165) is 16.9 Å². The fraction of sp³-hybridized carbons (Fsp3) is 0.400. The highest BCUT2D eigenvalue weighted by atomic mass is 16.5. The van der Waals surface area contributed by atoms with Crippen molar-refractivity contribution in [2.75, 3.05) is 14.2 Å². The van der Waals surface area contributed by atoms with Gasteiger partial charge in [-0.2, -0.15) is 0 Å². The maximum Gasteiger partial charge on any atom is 0.124 e. The van der Waals surface area contributed by atoms with Crippen molar-refractivity contribution in [2.45, 2.75) is 13.2 Å². The number of hydrogen-bond donors (Lipinski definition) is 1. The first-order chi connectivity index (χ1) is 6.31. The Balaban J connectivity index is 2.95. The van der Waals surface area contributed by atoms with E-state index in [9.17, 15) is 0 Å². The Labute approximate surface area is 77.9 Å². The van der Waals surface area contributed by atoms with Crippen molar-refractivity contribution in [1.29, 1.82) is 0 Å². The second kappa shape index (κ2) is 4.84. The lowest BCUT2D eigenvalue weighted by atomic mass is 10.1. The number of aliphatic hydroxyl groups is 1. The lowest BCUT2D eigenvalue weighted by Crippen LogP contribution is -1.95. The molecule has 0 aliphatic heterocycles. The first-order valence-corrected chi connectivity index (χ1v) is 4.07. The van der Waals surface area contributed by atoms with Crippen molar-refractivity contribution in [2.24, 2.45) is 0 Å². The predicted octanol–water partition coefficient (Wildman–Crippen LogP) is 1.33. The standard InChI is InChI=1S/C10H14O3/c1-12-7-9-5-8(6-11)3-4-10(9)13-2/h3-5,11H,6-7H2,1-2H3. The van der Waals surface area contributed by atoms with Crippen LogP contribution < -0.4 is 4.74 Å². The zero-order valence-electron chi connectivity index (χ0n) is 7.91. The molecule has 0 bridgehead atoms. The SMILES string of the molecule is COCc1cc(CO)ccc1OC. The third kappa shape index (κ3) is 2.44. The molecule has 3 heteroatoms. The maximum absolute atomic E-state index is 8.91. The molecule has 0 spiro atoms. The number of rotatable bonds is 4. The van der Waals surface area contributed by atoms with Gasteiger partial charge in [0.25, 0.3) is 0 Å². The maximum atomic E-state index is 8.91.